The van der Waals surface area contributed by atoms with Crippen LogP contribution in [0.25, 0.3) is 16.9 Å². The molecule has 9 nitrogen and oxygen atoms in total. The molecule has 0 radical (unpaired) electrons. The average Bonchev–Trinajstić information content (AvgIpc) is 3.09. The van der Waals surface area contributed by atoms with Gasteiger partial charge in [0.25, 0.3) is 5.69 Å². The topological polar surface area (TPSA) is 126 Å². The first-order valence-electron chi connectivity index (χ1n) is 9.19. The van der Waals surface area contributed by atoms with Gasteiger partial charge in [-0.2, -0.15) is 18.3 Å². The lowest BCUT2D eigenvalue weighted by atomic mass is 10.1. The molecule has 0 amide bonds. The maximum atomic E-state index is 13.8. The fourth-order valence-electron chi connectivity index (χ4n) is 3.15. The molecule has 2 heterocycles. The molecule has 4 rings (SSSR count). The van der Waals surface area contributed by atoms with Crippen molar-refractivity contribution in [1.29, 1.82) is 0 Å². The number of phenolic OH excluding ortho intramolecular Hbond substituents is 1. The maximum absolute atomic E-state index is 13.8. The van der Waals surface area contributed by atoms with Gasteiger partial charge in [0.1, 0.15) is 16.5 Å². The van der Waals surface area contributed by atoms with Gasteiger partial charge >= 0.3 is 6.18 Å². The van der Waals surface area contributed by atoms with Crippen molar-refractivity contribution in [2.75, 3.05) is 5.32 Å². The monoisotopic (exact) mass is 479 g/mol. The second kappa shape index (κ2) is 8.22. The molecule has 170 valence electrons. The summed E-state index contributed by atoms with van der Waals surface area (Å²) in [6.07, 6.45) is -6.59. The van der Waals surface area contributed by atoms with Crippen molar-refractivity contribution in [3.63, 3.8) is 0 Å². The lowest BCUT2D eigenvalue weighted by Crippen LogP contribution is -2.15. The van der Waals surface area contributed by atoms with Crippen molar-refractivity contribution >= 4 is 28.6 Å². The zero-order valence-corrected chi connectivity index (χ0v) is 17.0. The summed E-state index contributed by atoms with van der Waals surface area (Å²) >= 11 is 6.24. The Morgan fingerprint density at radius 3 is 2.48 bits per heavy atom. The molecule has 0 aliphatic rings. The first-order valence-corrected chi connectivity index (χ1v) is 9.57. The molecule has 2 aromatic heterocycles. The number of aromatic hydroxyl groups is 1. The summed E-state index contributed by atoms with van der Waals surface area (Å²) in [7, 11) is 0. The number of anilines is 1. The van der Waals surface area contributed by atoms with E-state index in [0.717, 1.165) is 24.3 Å². The van der Waals surface area contributed by atoms with Crippen LogP contribution in [0.3, 0.4) is 0 Å². The van der Waals surface area contributed by atoms with Gasteiger partial charge in [0.15, 0.2) is 17.6 Å². The van der Waals surface area contributed by atoms with Crippen LogP contribution in [0.5, 0.6) is 5.75 Å². The third kappa shape index (κ3) is 4.38. The normalized spacial score (nSPS) is 12.6. The number of phenols is 1. The van der Waals surface area contributed by atoms with E-state index in [1.54, 1.807) is 30.3 Å². The van der Waals surface area contributed by atoms with E-state index >= 15 is 0 Å². The Balaban J connectivity index is 1.81. The predicted octanol–water partition coefficient (Wildman–Crippen LogP) is 4.79. The van der Waals surface area contributed by atoms with E-state index in [4.69, 9.17) is 11.6 Å². The summed E-state index contributed by atoms with van der Waals surface area (Å²) in [6, 6.07) is 11.9. The van der Waals surface area contributed by atoms with E-state index in [1.165, 1.54) is 0 Å². The molecule has 0 aliphatic carbocycles. The Labute approximate surface area is 187 Å². The van der Waals surface area contributed by atoms with Crippen molar-refractivity contribution in [3.8, 4) is 17.0 Å². The minimum atomic E-state index is -4.82. The molecule has 0 bridgehead atoms. The summed E-state index contributed by atoms with van der Waals surface area (Å²) in [5, 5.41) is 37.0. The first-order chi connectivity index (χ1) is 15.5. The number of nitrogens with one attached hydrogen (secondary N) is 1. The van der Waals surface area contributed by atoms with Crippen molar-refractivity contribution in [2.45, 2.75) is 12.4 Å². The Morgan fingerprint density at radius 1 is 1.15 bits per heavy atom. The maximum Gasteiger partial charge on any atom is 0.433 e. The number of halogens is 4. The molecule has 1 unspecified atom stereocenters. The highest BCUT2D eigenvalue weighted by atomic mass is 35.5. The quantitative estimate of drug-likeness (QED) is 0.213. The molecule has 3 N–H and O–H groups in total. The zero-order chi connectivity index (χ0) is 23.9. The van der Waals surface area contributed by atoms with Gasteiger partial charge in [-0.1, -0.05) is 41.9 Å². The summed E-state index contributed by atoms with van der Waals surface area (Å²) in [5.74, 6) is -0.464. The highest BCUT2D eigenvalue weighted by Crippen LogP contribution is 2.36. The molecular weight excluding hydrogens is 467 g/mol. The largest absolute Gasteiger partial charge is 0.508 e. The number of rotatable bonds is 5. The Kier molecular flexibility index (Phi) is 5.56. The number of hydrogen-bond acceptors (Lipinski definition) is 7. The minimum Gasteiger partial charge on any atom is -0.508 e. The van der Waals surface area contributed by atoms with Crippen LogP contribution in [0, 0.1) is 10.1 Å². The second-order valence-electron chi connectivity index (χ2n) is 6.87. The highest BCUT2D eigenvalue weighted by Gasteiger charge is 2.36. The molecule has 13 heteroatoms. The van der Waals surface area contributed by atoms with Crippen LogP contribution in [-0.2, 0) is 6.18 Å². The number of aliphatic hydroxyl groups is 1. The lowest BCUT2D eigenvalue weighted by Gasteiger charge is -2.12. The summed E-state index contributed by atoms with van der Waals surface area (Å²) < 4.78 is 41.8. The number of nitrogens with zero attached hydrogens (tertiary/aromatic N) is 4. The number of nitro benzene ring substituents is 1. The standard InChI is InChI=1S/C20H13ClF3N5O4/c21-16-17(19(31)25-11-6-12(29(32)33)8-13(30)7-11)27-28-15(20(22,23)24)9-14(26-18(16)28)10-4-2-1-3-5-10/h1-9,19,25,30-31H. The number of non-ortho nitro benzene ring substituents is 1. The fourth-order valence-corrected chi connectivity index (χ4v) is 3.41. The molecule has 0 fully saturated rings. The number of nitro groups is 1. The molecule has 33 heavy (non-hydrogen) atoms. The Morgan fingerprint density at radius 2 is 1.85 bits per heavy atom. The van der Waals surface area contributed by atoms with Crippen LogP contribution < -0.4 is 5.32 Å². The molecule has 4 aromatic rings. The number of aromatic nitrogens is 3. The van der Waals surface area contributed by atoms with E-state index in [1.807, 2.05) is 0 Å². The SMILES string of the molecule is O=[N+]([O-])c1cc(O)cc(NC(O)c2nn3c(C(F)(F)F)cc(-c4ccccc4)nc3c2Cl)c1. The lowest BCUT2D eigenvalue weighted by molar-refractivity contribution is -0.384. The van der Waals surface area contributed by atoms with Crippen LogP contribution in [0.4, 0.5) is 24.5 Å². The smallest absolute Gasteiger partial charge is 0.433 e. The zero-order valence-electron chi connectivity index (χ0n) is 16.3. The van der Waals surface area contributed by atoms with Gasteiger partial charge in [-0.25, -0.2) is 9.50 Å². The molecule has 0 saturated heterocycles. The number of fused-ring (bicyclic) bond motifs is 1. The van der Waals surface area contributed by atoms with Crippen molar-refractivity contribution in [2.24, 2.45) is 0 Å². The molecule has 0 saturated carbocycles. The van der Waals surface area contributed by atoms with Gasteiger partial charge in [0, 0.05) is 23.4 Å². The number of benzene rings is 2. The van der Waals surface area contributed by atoms with Crippen molar-refractivity contribution < 1.29 is 28.3 Å². The summed E-state index contributed by atoms with van der Waals surface area (Å²) in [6.45, 7) is 0. The number of hydrogen-bond donors (Lipinski definition) is 3. The summed E-state index contributed by atoms with van der Waals surface area (Å²) in [5.41, 5.74) is -2.06. The molecule has 1 atom stereocenters. The number of aliphatic hydroxyl groups excluding tert-OH is 1. The van der Waals surface area contributed by atoms with Crippen LogP contribution in [0.15, 0.2) is 54.6 Å². The van der Waals surface area contributed by atoms with Gasteiger partial charge in [-0.3, -0.25) is 10.1 Å². The van der Waals surface area contributed by atoms with Crippen molar-refractivity contribution in [1.82, 2.24) is 14.6 Å². The highest BCUT2D eigenvalue weighted by molar-refractivity contribution is 6.34. The average molecular weight is 480 g/mol. The minimum absolute atomic E-state index is 0.00479. The third-order valence-corrected chi connectivity index (χ3v) is 4.96. The van der Waals surface area contributed by atoms with E-state index in [2.05, 4.69) is 15.4 Å². The third-order valence-electron chi connectivity index (χ3n) is 4.59. The van der Waals surface area contributed by atoms with Crippen LogP contribution in [0.2, 0.25) is 5.02 Å². The van der Waals surface area contributed by atoms with E-state index in [-0.39, 0.29) is 22.1 Å². The van der Waals surface area contributed by atoms with Gasteiger partial charge in [0.05, 0.1) is 16.7 Å². The Hall–Kier alpha value is -3.90. The predicted molar refractivity (Wildman–Crippen MR) is 112 cm³/mol. The summed E-state index contributed by atoms with van der Waals surface area (Å²) in [4.78, 5) is 14.4. The van der Waals surface area contributed by atoms with Gasteiger partial charge < -0.3 is 15.5 Å². The second-order valence-corrected chi connectivity index (χ2v) is 7.25. The van der Waals surface area contributed by atoms with Crippen LogP contribution in [0.1, 0.15) is 17.6 Å². The van der Waals surface area contributed by atoms with Gasteiger partial charge in [-0.05, 0) is 6.07 Å². The molecular formula is C20H13ClF3N5O4. The molecule has 0 spiro atoms. The van der Waals surface area contributed by atoms with E-state index in [9.17, 15) is 33.5 Å². The van der Waals surface area contributed by atoms with E-state index < -0.39 is 40.2 Å². The molecule has 0 aliphatic heterocycles. The van der Waals surface area contributed by atoms with E-state index in [0.29, 0.717) is 10.1 Å². The fraction of sp³-hybridized carbons (Fsp3) is 0.100. The van der Waals surface area contributed by atoms with Crippen LogP contribution >= 0.6 is 11.6 Å². The first kappa shape index (κ1) is 22.3. The Bertz CT molecular complexity index is 1360. The van der Waals surface area contributed by atoms with Gasteiger partial charge in [-0.15, -0.1) is 0 Å². The van der Waals surface area contributed by atoms with Crippen LogP contribution in [-0.4, -0.2) is 29.7 Å². The van der Waals surface area contributed by atoms with Crippen molar-refractivity contribution in [3.05, 3.63) is 81.1 Å². The van der Waals surface area contributed by atoms with Gasteiger partial charge in [0.2, 0.25) is 0 Å². The molecule has 2 aromatic carbocycles. The number of alkyl halides is 3.